The molecule has 0 heterocycles. The van der Waals surface area contributed by atoms with E-state index in [1.54, 1.807) is 0 Å². The first-order valence-electron chi connectivity index (χ1n) is 7.39. The molecule has 0 atom stereocenters. The molecule has 0 unspecified atom stereocenters. The number of hydrogen-bond acceptors (Lipinski definition) is 1. The fraction of sp³-hybridized carbons (Fsp3) is 0.500. The van der Waals surface area contributed by atoms with Crippen LogP contribution in [0.1, 0.15) is 53.4 Å². The summed E-state index contributed by atoms with van der Waals surface area (Å²) in [5, 5.41) is 0. The van der Waals surface area contributed by atoms with Crippen LogP contribution in [0, 0.1) is 5.41 Å². The summed E-state index contributed by atoms with van der Waals surface area (Å²) in [5.41, 5.74) is 7.62. The van der Waals surface area contributed by atoms with Crippen molar-refractivity contribution in [1.82, 2.24) is 0 Å². The molecule has 0 saturated carbocycles. The van der Waals surface area contributed by atoms with Gasteiger partial charge in [-0.05, 0) is 56.3 Å². The van der Waals surface area contributed by atoms with E-state index in [1.807, 2.05) is 0 Å². The molecule has 3 aliphatic rings. The molecular formula is C18H22O. The summed E-state index contributed by atoms with van der Waals surface area (Å²) in [5.74, 6) is 0.369. The lowest BCUT2D eigenvalue weighted by Crippen LogP contribution is -2.35. The van der Waals surface area contributed by atoms with Gasteiger partial charge in [0, 0.05) is 5.57 Å². The van der Waals surface area contributed by atoms with Crippen molar-refractivity contribution in [1.29, 1.82) is 0 Å². The van der Waals surface area contributed by atoms with Crippen LogP contribution in [0.25, 0.3) is 0 Å². The van der Waals surface area contributed by atoms with Gasteiger partial charge in [0.1, 0.15) is 0 Å². The minimum Gasteiger partial charge on any atom is -0.293 e. The third kappa shape index (κ3) is 1.51. The Labute approximate surface area is 115 Å². The highest BCUT2D eigenvalue weighted by atomic mass is 16.1. The van der Waals surface area contributed by atoms with Crippen LogP contribution in [0.2, 0.25) is 0 Å². The molecule has 100 valence electrons. The van der Waals surface area contributed by atoms with Crippen molar-refractivity contribution in [3.05, 3.63) is 45.6 Å². The van der Waals surface area contributed by atoms with Gasteiger partial charge in [0.2, 0.25) is 0 Å². The van der Waals surface area contributed by atoms with Crippen molar-refractivity contribution in [2.24, 2.45) is 5.41 Å². The molecule has 0 spiro atoms. The van der Waals surface area contributed by atoms with Crippen LogP contribution in [0.3, 0.4) is 0 Å². The van der Waals surface area contributed by atoms with Gasteiger partial charge in [-0.3, -0.25) is 4.79 Å². The lowest BCUT2D eigenvalue weighted by atomic mass is 9.65. The number of ketones is 1. The first-order chi connectivity index (χ1) is 9.03. The second-order valence-corrected chi connectivity index (χ2v) is 6.24. The summed E-state index contributed by atoms with van der Waals surface area (Å²) in [6.45, 7) is 8.64. The molecule has 0 aromatic carbocycles. The van der Waals surface area contributed by atoms with Crippen LogP contribution in [0.5, 0.6) is 0 Å². The average molecular weight is 254 g/mol. The maximum absolute atomic E-state index is 13.0. The van der Waals surface area contributed by atoms with Crippen LogP contribution in [0.4, 0.5) is 0 Å². The average Bonchev–Trinajstić information content (AvgIpc) is 2.94. The van der Waals surface area contributed by atoms with Crippen molar-refractivity contribution in [2.75, 3.05) is 0 Å². The minimum atomic E-state index is -0.257. The van der Waals surface area contributed by atoms with Gasteiger partial charge in [-0.15, -0.1) is 0 Å². The highest BCUT2D eigenvalue weighted by molar-refractivity contribution is 6.08. The molecule has 19 heavy (non-hydrogen) atoms. The molecule has 3 aliphatic carbocycles. The molecule has 0 N–H and O–H groups in total. The zero-order chi connectivity index (χ0) is 13.8. The highest BCUT2D eigenvalue weighted by Crippen LogP contribution is 2.53. The summed E-state index contributed by atoms with van der Waals surface area (Å²) in [6.07, 6.45) is 8.27. The monoisotopic (exact) mass is 254 g/mol. The van der Waals surface area contributed by atoms with Crippen LogP contribution in [-0.2, 0) is 4.79 Å². The van der Waals surface area contributed by atoms with E-state index < -0.39 is 0 Å². The number of carbonyl (C=O) groups is 1. The predicted molar refractivity (Wildman–Crippen MR) is 78.8 cm³/mol. The Kier molecular flexibility index (Phi) is 2.70. The molecular weight excluding hydrogens is 232 g/mol. The molecule has 0 saturated heterocycles. The molecule has 0 aliphatic heterocycles. The second kappa shape index (κ2) is 4.06. The van der Waals surface area contributed by atoms with E-state index in [2.05, 4.69) is 39.8 Å². The van der Waals surface area contributed by atoms with Crippen molar-refractivity contribution >= 4 is 5.78 Å². The number of rotatable bonds is 2. The zero-order valence-electron chi connectivity index (χ0n) is 12.4. The largest absolute Gasteiger partial charge is 0.293 e. The topological polar surface area (TPSA) is 17.1 Å². The lowest BCUT2D eigenvalue weighted by Gasteiger charge is -2.36. The van der Waals surface area contributed by atoms with Crippen LogP contribution >= 0.6 is 0 Å². The van der Waals surface area contributed by atoms with Crippen molar-refractivity contribution in [3.63, 3.8) is 0 Å². The van der Waals surface area contributed by atoms with Gasteiger partial charge >= 0.3 is 0 Å². The number of fused-ring (bicyclic) bond motifs is 1. The van der Waals surface area contributed by atoms with Gasteiger partial charge in [0.05, 0.1) is 5.41 Å². The standard InChI is InChI=1S/C18H22O/c1-5-18(6-2)16-10-12(4)8-14(16)13-7-11(3)9-15(13)17(18)19/h9-10H,5-8H2,1-4H3. The first-order valence-corrected chi connectivity index (χ1v) is 7.39. The van der Waals surface area contributed by atoms with Crippen molar-refractivity contribution < 1.29 is 4.79 Å². The third-order valence-electron chi connectivity index (χ3n) is 5.11. The van der Waals surface area contributed by atoms with Crippen molar-refractivity contribution in [3.8, 4) is 0 Å². The minimum absolute atomic E-state index is 0.257. The predicted octanol–water partition coefficient (Wildman–Crippen LogP) is 4.67. The van der Waals surface area contributed by atoms with Crippen LogP contribution < -0.4 is 0 Å². The molecule has 0 radical (unpaired) electrons. The molecule has 0 amide bonds. The Morgan fingerprint density at radius 1 is 1.00 bits per heavy atom. The first kappa shape index (κ1) is 12.7. The Morgan fingerprint density at radius 2 is 1.58 bits per heavy atom. The molecule has 1 heteroatoms. The molecule has 1 nitrogen and oxygen atoms in total. The molecule has 0 fully saturated rings. The van der Waals surface area contributed by atoms with E-state index >= 15 is 0 Å². The van der Waals surface area contributed by atoms with E-state index in [4.69, 9.17) is 0 Å². The Balaban J connectivity index is 2.22. The smallest absolute Gasteiger partial charge is 0.173 e. The molecule has 0 aromatic rings. The summed E-state index contributed by atoms with van der Waals surface area (Å²) in [4.78, 5) is 13.0. The van der Waals surface area contributed by atoms with E-state index in [-0.39, 0.29) is 5.41 Å². The summed E-state index contributed by atoms with van der Waals surface area (Å²) < 4.78 is 0. The quantitative estimate of drug-likeness (QED) is 0.700. The highest BCUT2D eigenvalue weighted by Gasteiger charge is 2.47. The fourth-order valence-corrected chi connectivity index (χ4v) is 4.02. The number of Topliss-reactive ketones (excluding diaryl/α,β-unsaturated/α-hetero) is 1. The Morgan fingerprint density at radius 3 is 2.21 bits per heavy atom. The number of carbonyl (C=O) groups excluding carboxylic acids is 1. The van der Waals surface area contributed by atoms with E-state index in [1.165, 1.54) is 27.9 Å². The van der Waals surface area contributed by atoms with Crippen LogP contribution in [-0.4, -0.2) is 5.78 Å². The van der Waals surface area contributed by atoms with Gasteiger partial charge < -0.3 is 0 Å². The molecule has 3 rings (SSSR count). The van der Waals surface area contributed by atoms with Gasteiger partial charge in [-0.2, -0.15) is 0 Å². The number of hydrogen-bond donors (Lipinski definition) is 0. The maximum Gasteiger partial charge on any atom is 0.173 e. The van der Waals surface area contributed by atoms with Gasteiger partial charge in [0.25, 0.3) is 0 Å². The maximum atomic E-state index is 13.0. The summed E-state index contributed by atoms with van der Waals surface area (Å²) in [6, 6.07) is 0. The SMILES string of the molecule is CCC1(CC)C(=O)C2=C(CC(C)=C2)C2=C1C=C(C)C2. The van der Waals surface area contributed by atoms with E-state index in [0.29, 0.717) is 5.78 Å². The molecule has 0 bridgehead atoms. The lowest BCUT2D eigenvalue weighted by molar-refractivity contribution is -0.123. The fourth-order valence-electron chi connectivity index (χ4n) is 4.02. The third-order valence-corrected chi connectivity index (χ3v) is 5.11. The van der Waals surface area contributed by atoms with Gasteiger partial charge in [0.15, 0.2) is 5.78 Å². The normalized spacial score (nSPS) is 24.5. The number of allylic oxidation sites excluding steroid dienone is 8. The van der Waals surface area contributed by atoms with E-state index in [9.17, 15) is 4.79 Å². The van der Waals surface area contributed by atoms with E-state index in [0.717, 1.165) is 31.3 Å². The zero-order valence-corrected chi connectivity index (χ0v) is 12.4. The Hall–Kier alpha value is -1.37. The Bertz CT molecular complexity index is 589. The van der Waals surface area contributed by atoms with Crippen molar-refractivity contribution in [2.45, 2.75) is 53.4 Å². The summed E-state index contributed by atoms with van der Waals surface area (Å²) in [7, 11) is 0. The summed E-state index contributed by atoms with van der Waals surface area (Å²) >= 11 is 0. The van der Waals surface area contributed by atoms with Gasteiger partial charge in [-0.25, -0.2) is 0 Å². The van der Waals surface area contributed by atoms with Crippen LogP contribution in [0.15, 0.2) is 45.6 Å². The second-order valence-electron chi connectivity index (χ2n) is 6.24. The molecule has 0 aromatic heterocycles. The van der Waals surface area contributed by atoms with Gasteiger partial charge in [-0.1, -0.05) is 37.1 Å².